The number of ether oxygens (including phenoxy) is 5. The molecule has 39 nitrogen and oxygen atoms in total. The third-order valence-corrected chi connectivity index (χ3v) is 17.5. The van der Waals surface area contributed by atoms with Crippen LogP contribution in [0.3, 0.4) is 0 Å². The molecule has 4 saturated heterocycles. The fraction of sp³-hybridized carbons (Fsp3) is 0.545. The molecule has 0 amide bonds. The number of nitrogens with one attached hydrogen (secondary N) is 2. The molecule has 16 atom stereocenters. The van der Waals surface area contributed by atoms with Crippen LogP contribution < -0.4 is 37.8 Å². The Bertz CT molecular complexity index is 3560. The molecule has 4 fully saturated rings. The van der Waals surface area contributed by atoms with Crippen LogP contribution in [0, 0.1) is 0 Å². The van der Waals surface area contributed by atoms with E-state index in [-0.39, 0.29) is 51.2 Å². The summed E-state index contributed by atoms with van der Waals surface area (Å²) < 4.78 is 115. The Balaban J connectivity index is 0.810. The molecule has 14 N–H and O–H groups in total. The highest BCUT2D eigenvalue weighted by Gasteiger charge is 2.64. The molecule has 0 aliphatic carbocycles. The number of aromatic nitrogens is 12. The van der Waals surface area contributed by atoms with Gasteiger partial charge in [0.2, 0.25) is 17.7 Å². The van der Waals surface area contributed by atoms with E-state index in [1.54, 1.807) is 0 Å². The number of phosphoric ester groups is 3. The van der Waals surface area contributed by atoms with Crippen molar-refractivity contribution in [2.45, 2.75) is 73.1 Å². The second-order valence-corrected chi connectivity index (χ2v) is 23.2. The van der Waals surface area contributed by atoms with Crippen LogP contribution in [0.5, 0.6) is 0 Å². The van der Waals surface area contributed by atoms with Gasteiger partial charge in [0.05, 0.1) is 46.1 Å². The number of hydrogen-bond donors (Lipinski definition) is 11. The van der Waals surface area contributed by atoms with E-state index in [0.29, 0.717) is 0 Å². The van der Waals surface area contributed by atoms with Gasteiger partial charge in [-0.3, -0.25) is 46.9 Å². The standard InChI is InChI=1S/C33H43N15O24P4/c1-45-10-48(25-15(45)27(53)44-32(36)42-25)30-20-21(51)33(69-30,5-63-20)6-66-75(58,59)72-76(60,61)71-74(56,57)65-4-12-18(19(62-2)29(68-12)46-8-39-13-22(34)37-7-38-23(13)46)70-73(54,55)64-3-11-16(49)17(50)28(67-11)47-9-40-14-24(47)41-31(35)43-26(14)52/h7-12,16-21,28-30,49-51H,3-6H2,1-2H3,(H11-,34,35,36,37,38,41,42,43,44,52,53,54,55,56,57,58,59,60,61)/t11-,12-,16?,17+,18?,19+,20?,21-,28-,29-,30-,33-/m1/s1. The molecular weight excluding hydrogens is 1110 g/mol. The molecule has 6 aromatic rings. The van der Waals surface area contributed by atoms with Gasteiger partial charge in [0.25, 0.3) is 24.9 Å². The van der Waals surface area contributed by atoms with Crippen LogP contribution >= 0.6 is 31.3 Å². The molecule has 43 heteroatoms. The third kappa shape index (κ3) is 10.0. The smallest absolute Gasteiger partial charge is 0.490 e. The van der Waals surface area contributed by atoms with Crippen LogP contribution in [-0.4, -0.2) is 172 Å². The quantitative estimate of drug-likeness (QED) is 0.0267. The van der Waals surface area contributed by atoms with E-state index in [2.05, 4.69) is 48.5 Å². The Kier molecular flexibility index (Phi) is 14.0. The average Bonchev–Trinajstić information content (AvgIpc) is 4.23. The summed E-state index contributed by atoms with van der Waals surface area (Å²) in [5.74, 6) is -0.671. The number of imidazole rings is 3. The molecule has 2 bridgehead atoms. The van der Waals surface area contributed by atoms with Gasteiger partial charge < -0.3 is 84.8 Å². The number of rotatable bonds is 19. The second kappa shape index (κ2) is 19.6. The number of hydrogen-bond acceptors (Lipinski definition) is 30. The predicted octanol–water partition coefficient (Wildman–Crippen LogP) is -4.93. The molecule has 4 aliphatic heterocycles. The Morgan fingerprint density at radius 2 is 1.46 bits per heavy atom. The largest absolute Gasteiger partial charge is 0.756 e. The minimum absolute atomic E-state index is 0.00152. The van der Waals surface area contributed by atoms with Gasteiger partial charge in [-0.25, -0.2) is 38.2 Å². The SMILES string of the molecule is CO[C@H]1C(OP(=O)([O-])OC[C@H]2O[C@@H](n3cnc4c(=O)[nH]c(N)nc43)[C@@H](O)C2O)[C@@H](COP(=O)(O)OP(=O)(O)OP(=O)(O)OC[C@@]23COC([C@H]([n+]4cn(C)c5c(=O)[nH]c(N)nc54)O2)[C@H]3O)O[C@H]1n1cnc2c(N)ncnc21. The number of nitrogen functional groups attached to an aromatic ring is 3. The Morgan fingerprint density at radius 1 is 0.816 bits per heavy atom. The van der Waals surface area contributed by atoms with E-state index in [4.69, 9.17) is 59.0 Å². The summed E-state index contributed by atoms with van der Waals surface area (Å²) in [7, 11) is -21.1. The summed E-state index contributed by atoms with van der Waals surface area (Å²) in [6.45, 7) is -3.87. The number of H-pyrrole nitrogens is 2. The van der Waals surface area contributed by atoms with Crippen LogP contribution in [0.1, 0.15) is 18.7 Å². The van der Waals surface area contributed by atoms with Gasteiger partial charge in [-0.1, -0.05) is 4.98 Å². The van der Waals surface area contributed by atoms with Crippen molar-refractivity contribution >= 4 is 82.5 Å². The van der Waals surface area contributed by atoms with E-state index in [1.165, 1.54) is 27.1 Å². The molecule has 10 rings (SSSR count). The van der Waals surface area contributed by atoms with Crippen molar-refractivity contribution in [3.63, 3.8) is 0 Å². The molecule has 414 valence electrons. The number of nitrogens with zero attached hydrogens (tertiary/aromatic N) is 10. The first-order chi connectivity index (χ1) is 35.7. The Labute approximate surface area is 420 Å². The van der Waals surface area contributed by atoms with Gasteiger partial charge in [-0.15, -0.1) is 0 Å². The first-order valence-electron chi connectivity index (χ1n) is 21.6. The number of anilines is 3. The zero-order chi connectivity index (χ0) is 54.6. The van der Waals surface area contributed by atoms with Crippen molar-refractivity contribution in [1.82, 2.24) is 53.6 Å². The van der Waals surface area contributed by atoms with Crippen molar-refractivity contribution in [2.75, 3.05) is 50.7 Å². The fourth-order valence-corrected chi connectivity index (χ4v) is 13.5. The lowest BCUT2D eigenvalue weighted by Gasteiger charge is -2.31. The molecule has 76 heavy (non-hydrogen) atoms. The van der Waals surface area contributed by atoms with E-state index < -0.39 is 142 Å². The summed E-state index contributed by atoms with van der Waals surface area (Å²) in [5, 5.41) is 32.8. The van der Waals surface area contributed by atoms with Gasteiger partial charge in [0, 0.05) is 7.11 Å². The first-order valence-corrected chi connectivity index (χ1v) is 27.6. The van der Waals surface area contributed by atoms with Crippen LogP contribution in [0.2, 0.25) is 0 Å². The van der Waals surface area contributed by atoms with Crippen LogP contribution in [0.15, 0.2) is 34.9 Å². The fourth-order valence-electron chi connectivity index (χ4n) is 8.95. The van der Waals surface area contributed by atoms with E-state index in [1.807, 2.05) is 0 Å². The first kappa shape index (κ1) is 54.2. The summed E-state index contributed by atoms with van der Waals surface area (Å²) in [6.07, 6.45) is -13.1. The number of methoxy groups -OCH3 is 1. The molecule has 4 aliphatic rings. The van der Waals surface area contributed by atoms with Crippen molar-refractivity contribution < 1.29 is 108 Å². The number of fused-ring (bicyclic) bond motifs is 5. The maximum Gasteiger partial charge on any atom is 0.490 e. The van der Waals surface area contributed by atoms with E-state index >= 15 is 0 Å². The lowest BCUT2D eigenvalue weighted by Crippen LogP contribution is -2.50. The molecular formula is C33H43N15O24P4. The number of aliphatic hydroxyl groups excluding tert-OH is 3. The molecule has 0 radical (unpaired) electrons. The molecule has 0 aromatic carbocycles. The minimum atomic E-state index is -6.20. The highest BCUT2D eigenvalue weighted by molar-refractivity contribution is 7.66. The lowest BCUT2D eigenvalue weighted by molar-refractivity contribution is -0.752. The lowest BCUT2D eigenvalue weighted by atomic mass is 10.0. The predicted molar refractivity (Wildman–Crippen MR) is 239 cm³/mol. The number of phosphoric acid groups is 4. The molecule has 10 heterocycles. The maximum absolute atomic E-state index is 13.6. The van der Waals surface area contributed by atoms with Gasteiger partial charge in [-0.2, -0.15) is 13.6 Å². The van der Waals surface area contributed by atoms with Crippen molar-refractivity contribution in [2.24, 2.45) is 7.05 Å². The normalized spacial score (nSPS) is 31.8. The van der Waals surface area contributed by atoms with Crippen LogP contribution in [-0.2, 0) is 75.7 Å². The minimum Gasteiger partial charge on any atom is -0.756 e. The zero-order valence-corrected chi connectivity index (χ0v) is 42.1. The second-order valence-electron chi connectivity index (χ2n) is 17.2. The number of nitrogens with two attached hydrogens (primary N) is 3. The monoisotopic (exact) mass is 1160 g/mol. The van der Waals surface area contributed by atoms with Gasteiger partial charge in [0.1, 0.15) is 66.3 Å². The Morgan fingerprint density at radius 3 is 2.18 bits per heavy atom. The molecule has 0 saturated carbocycles. The maximum atomic E-state index is 13.6. The topological polar surface area (TPSA) is 554 Å². The van der Waals surface area contributed by atoms with E-state index in [0.717, 1.165) is 30.7 Å². The molecule has 0 spiro atoms. The van der Waals surface area contributed by atoms with Crippen LogP contribution in [0.4, 0.5) is 17.7 Å². The van der Waals surface area contributed by atoms with Gasteiger partial charge >= 0.3 is 29.1 Å². The van der Waals surface area contributed by atoms with E-state index in [9.17, 15) is 62.7 Å². The Hall–Kier alpha value is -5.15. The zero-order valence-electron chi connectivity index (χ0n) is 38.5. The van der Waals surface area contributed by atoms with Gasteiger partial charge in [0.15, 0.2) is 41.4 Å². The van der Waals surface area contributed by atoms with Crippen molar-refractivity contribution in [1.29, 1.82) is 0 Å². The summed E-state index contributed by atoms with van der Waals surface area (Å²) in [6, 6.07) is 0. The summed E-state index contributed by atoms with van der Waals surface area (Å²) in [5.41, 5.74) is 13.7. The highest BCUT2D eigenvalue weighted by Crippen LogP contribution is 2.68. The highest BCUT2D eigenvalue weighted by atomic mass is 31.3. The number of aliphatic hydroxyl groups is 3. The molecule has 6 aromatic heterocycles. The van der Waals surface area contributed by atoms with Gasteiger partial charge in [-0.05, 0) is 0 Å². The average molecular weight is 1160 g/mol. The third-order valence-electron chi connectivity index (χ3n) is 12.3. The van der Waals surface area contributed by atoms with Crippen LogP contribution in [0.25, 0.3) is 33.5 Å². The van der Waals surface area contributed by atoms with Crippen molar-refractivity contribution in [3.8, 4) is 0 Å². The van der Waals surface area contributed by atoms with Crippen molar-refractivity contribution in [3.05, 3.63) is 46.0 Å². The summed E-state index contributed by atoms with van der Waals surface area (Å²) in [4.78, 5) is 98.7. The summed E-state index contributed by atoms with van der Waals surface area (Å²) >= 11 is 0. The molecule has 7 unspecified atom stereocenters. The number of aryl methyl sites for hydroxylation is 1. The number of aromatic amines is 2.